The van der Waals surface area contributed by atoms with Gasteiger partial charge in [-0.3, -0.25) is 4.79 Å². The Bertz CT molecular complexity index is 361. The van der Waals surface area contributed by atoms with Crippen molar-refractivity contribution in [1.29, 1.82) is 0 Å². The molecule has 17 heavy (non-hydrogen) atoms. The van der Waals surface area contributed by atoms with E-state index in [-0.39, 0.29) is 11.9 Å². The Kier molecular flexibility index (Phi) is 5.70. The standard InChI is InChI=1S/C14H22N2O/c1-11-6-3-4-8-13(11)10-16-14(17)9-5-7-12(2)15/h3-4,6,8,12H,5,7,9-10,15H2,1-2H3,(H,16,17). The largest absolute Gasteiger partial charge is 0.352 e. The minimum atomic E-state index is 0.105. The van der Waals surface area contributed by atoms with Gasteiger partial charge >= 0.3 is 0 Å². The number of amides is 1. The van der Waals surface area contributed by atoms with Crippen molar-refractivity contribution >= 4 is 5.91 Å². The molecule has 0 spiro atoms. The fourth-order valence-corrected chi connectivity index (χ4v) is 1.68. The van der Waals surface area contributed by atoms with Crippen LogP contribution in [0.15, 0.2) is 24.3 Å². The molecular weight excluding hydrogens is 212 g/mol. The van der Waals surface area contributed by atoms with Crippen LogP contribution in [0.1, 0.15) is 37.3 Å². The van der Waals surface area contributed by atoms with Gasteiger partial charge in [-0.25, -0.2) is 0 Å². The van der Waals surface area contributed by atoms with Crippen LogP contribution in [0.5, 0.6) is 0 Å². The number of carbonyl (C=O) groups is 1. The van der Waals surface area contributed by atoms with Crippen LogP contribution in [-0.2, 0) is 11.3 Å². The van der Waals surface area contributed by atoms with E-state index in [1.165, 1.54) is 11.1 Å². The van der Waals surface area contributed by atoms with Gasteiger partial charge in [0, 0.05) is 19.0 Å². The van der Waals surface area contributed by atoms with Gasteiger partial charge in [0.15, 0.2) is 0 Å². The SMILES string of the molecule is Cc1ccccc1CNC(=O)CCCC(C)N. The maximum Gasteiger partial charge on any atom is 0.220 e. The topological polar surface area (TPSA) is 55.1 Å². The molecule has 1 unspecified atom stereocenters. The van der Waals surface area contributed by atoms with Crippen LogP contribution in [0.2, 0.25) is 0 Å². The predicted molar refractivity (Wildman–Crippen MR) is 70.5 cm³/mol. The van der Waals surface area contributed by atoms with E-state index in [0.717, 1.165) is 12.8 Å². The second-order valence-corrected chi connectivity index (χ2v) is 4.57. The first-order valence-corrected chi connectivity index (χ1v) is 6.16. The molecular formula is C14H22N2O. The molecule has 0 radical (unpaired) electrons. The molecule has 0 aliphatic heterocycles. The molecule has 3 N–H and O–H groups in total. The molecule has 0 aliphatic rings. The molecule has 3 nitrogen and oxygen atoms in total. The summed E-state index contributed by atoms with van der Waals surface area (Å²) in [4.78, 5) is 11.6. The van der Waals surface area contributed by atoms with E-state index in [1.54, 1.807) is 0 Å². The highest BCUT2D eigenvalue weighted by atomic mass is 16.1. The molecule has 1 rings (SSSR count). The fourth-order valence-electron chi connectivity index (χ4n) is 1.68. The molecule has 1 aromatic carbocycles. The number of hydrogen-bond acceptors (Lipinski definition) is 2. The van der Waals surface area contributed by atoms with Crippen molar-refractivity contribution < 1.29 is 4.79 Å². The molecule has 1 amide bonds. The van der Waals surface area contributed by atoms with Crippen LogP contribution in [0.4, 0.5) is 0 Å². The van der Waals surface area contributed by atoms with E-state index in [0.29, 0.717) is 13.0 Å². The number of rotatable bonds is 6. The zero-order valence-corrected chi connectivity index (χ0v) is 10.7. The second kappa shape index (κ2) is 7.07. The van der Waals surface area contributed by atoms with E-state index in [9.17, 15) is 4.79 Å². The third kappa shape index (κ3) is 5.50. The van der Waals surface area contributed by atoms with Gasteiger partial charge in [-0.05, 0) is 37.8 Å². The number of aryl methyl sites for hydroxylation is 1. The summed E-state index contributed by atoms with van der Waals surface area (Å²) in [7, 11) is 0. The Balaban J connectivity index is 2.26. The van der Waals surface area contributed by atoms with E-state index in [4.69, 9.17) is 5.73 Å². The van der Waals surface area contributed by atoms with E-state index < -0.39 is 0 Å². The monoisotopic (exact) mass is 234 g/mol. The summed E-state index contributed by atoms with van der Waals surface area (Å²) in [5.74, 6) is 0.105. The molecule has 0 saturated carbocycles. The Hall–Kier alpha value is -1.35. The first kappa shape index (κ1) is 13.7. The molecule has 0 fully saturated rings. The van der Waals surface area contributed by atoms with Crippen molar-refractivity contribution in [2.24, 2.45) is 5.73 Å². The first-order chi connectivity index (χ1) is 8.09. The smallest absolute Gasteiger partial charge is 0.220 e. The Morgan fingerprint density at radius 2 is 2.12 bits per heavy atom. The summed E-state index contributed by atoms with van der Waals surface area (Å²) in [5.41, 5.74) is 8.02. The minimum absolute atomic E-state index is 0.105. The molecule has 0 saturated heterocycles. The van der Waals surface area contributed by atoms with Crippen molar-refractivity contribution in [2.45, 2.75) is 45.7 Å². The minimum Gasteiger partial charge on any atom is -0.352 e. The summed E-state index contributed by atoms with van der Waals surface area (Å²) < 4.78 is 0. The lowest BCUT2D eigenvalue weighted by molar-refractivity contribution is -0.121. The molecule has 94 valence electrons. The molecule has 0 bridgehead atoms. The highest BCUT2D eigenvalue weighted by molar-refractivity contribution is 5.75. The van der Waals surface area contributed by atoms with Gasteiger partial charge in [-0.15, -0.1) is 0 Å². The normalized spacial score (nSPS) is 12.2. The Morgan fingerprint density at radius 3 is 2.76 bits per heavy atom. The average molecular weight is 234 g/mol. The molecule has 0 aliphatic carbocycles. The summed E-state index contributed by atoms with van der Waals surface area (Å²) in [6.07, 6.45) is 2.32. The van der Waals surface area contributed by atoms with E-state index >= 15 is 0 Å². The number of benzene rings is 1. The molecule has 1 aromatic rings. The van der Waals surface area contributed by atoms with Gasteiger partial charge < -0.3 is 11.1 Å². The third-order valence-electron chi connectivity index (χ3n) is 2.80. The highest BCUT2D eigenvalue weighted by Gasteiger charge is 2.03. The maximum atomic E-state index is 11.6. The van der Waals surface area contributed by atoms with Gasteiger partial charge in [0.2, 0.25) is 5.91 Å². The van der Waals surface area contributed by atoms with Gasteiger partial charge in [0.05, 0.1) is 0 Å². The highest BCUT2D eigenvalue weighted by Crippen LogP contribution is 2.06. The van der Waals surface area contributed by atoms with Crippen molar-refractivity contribution in [3.8, 4) is 0 Å². The van der Waals surface area contributed by atoms with Gasteiger partial charge in [0.1, 0.15) is 0 Å². The summed E-state index contributed by atoms with van der Waals surface area (Å²) in [5, 5.41) is 2.93. The first-order valence-electron chi connectivity index (χ1n) is 6.16. The van der Waals surface area contributed by atoms with Crippen molar-refractivity contribution in [3.63, 3.8) is 0 Å². The zero-order valence-electron chi connectivity index (χ0n) is 10.7. The van der Waals surface area contributed by atoms with Crippen LogP contribution < -0.4 is 11.1 Å². The van der Waals surface area contributed by atoms with Gasteiger partial charge in [-0.2, -0.15) is 0 Å². The lowest BCUT2D eigenvalue weighted by Gasteiger charge is -2.08. The average Bonchev–Trinajstić information content (AvgIpc) is 2.27. The predicted octanol–water partition coefficient (Wildman–Crippen LogP) is 2.13. The number of carbonyl (C=O) groups excluding carboxylic acids is 1. The molecule has 0 aromatic heterocycles. The van der Waals surface area contributed by atoms with Crippen LogP contribution in [0.3, 0.4) is 0 Å². The fraction of sp³-hybridized carbons (Fsp3) is 0.500. The zero-order chi connectivity index (χ0) is 12.7. The van der Waals surface area contributed by atoms with Crippen LogP contribution in [0.25, 0.3) is 0 Å². The quantitative estimate of drug-likeness (QED) is 0.792. The number of nitrogens with one attached hydrogen (secondary N) is 1. The lowest BCUT2D eigenvalue weighted by Crippen LogP contribution is -2.23. The lowest BCUT2D eigenvalue weighted by atomic mass is 10.1. The van der Waals surface area contributed by atoms with Crippen LogP contribution in [-0.4, -0.2) is 11.9 Å². The molecule has 3 heteroatoms. The van der Waals surface area contributed by atoms with Crippen LogP contribution in [0, 0.1) is 6.92 Å². The summed E-state index contributed by atoms with van der Waals surface area (Å²) >= 11 is 0. The van der Waals surface area contributed by atoms with E-state index in [2.05, 4.69) is 18.3 Å². The van der Waals surface area contributed by atoms with Crippen molar-refractivity contribution in [1.82, 2.24) is 5.32 Å². The maximum absolute atomic E-state index is 11.6. The van der Waals surface area contributed by atoms with Gasteiger partial charge in [0.25, 0.3) is 0 Å². The van der Waals surface area contributed by atoms with Crippen molar-refractivity contribution in [3.05, 3.63) is 35.4 Å². The summed E-state index contributed by atoms with van der Waals surface area (Å²) in [6, 6.07) is 8.27. The van der Waals surface area contributed by atoms with Crippen molar-refractivity contribution in [2.75, 3.05) is 0 Å². The van der Waals surface area contributed by atoms with E-state index in [1.807, 2.05) is 25.1 Å². The Morgan fingerprint density at radius 1 is 1.41 bits per heavy atom. The third-order valence-corrected chi connectivity index (χ3v) is 2.80. The van der Waals surface area contributed by atoms with Crippen LogP contribution >= 0.6 is 0 Å². The van der Waals surface area contributed by atoms with Gasteiger partial charge in [-0.1, -0.05) is 24.3 Å². The molecule has 1 atom stereocenters. The molecule has 0 heterocycles. The number of nitrogens with two attached hydrogens (primary N) is 1. The Labute approximate surface area is 103 Å². The number of hydrogen-bond donors (Lipinski definition) is 2. The summed E-state index contributed by atoms with van der Waals surface area (Å²) in [6.45, 7) is 4.63. The second-order valence-electron chi connectivity index (χ2n) is 4.57.